The number of halogens is 4. The first-order chi connectivity index (χ1) is 19.5. The van der Waals surface area contributed by atoms with Crippen molar-refractivity contribution in [2.24, 2.45) is 5.73 Å². The van der Waals surface area contributed by atoms with E-state index in [4.69, 9.17) is 10.3 Å². The predicted molar refractivity (Wildman–Crippen MR) is 142 cm³/mol. The highest BCUT2D eigenvalue weighted by Crippen LogP contribution is 2.31. The van der Waals surface area contributed by atoms with E-state index in [0.29, 0.717) is 64.0 Å². The van der Waals surface area contributed by atoms with Crippen LogP contribution in [0.5, 0.6) is 0 Å². The third-order valence-corrected chi connectivity index (χ3v) is 7.60. The number of carbonyl (C=O) groups is 1. The molecule has 2 aliphatic heterocycles. The van der Waals surface area contributed by atoms with Gasteiger partial charge >= 0.3 is 11.9 Å². The van der Waals surface area contributed by atoms with E-state index < -0.39 is 35.3 Å². The largest absolute Gasteiger partial charge is 0.339 e. The second-order valence-corrected chi connectivity index (χ2v) is 10.6. The van der Waals surface area contributed by atoms with Crippen molar-refractivity contribution < 1.29 is 26.9 Å². The summed E-state index contributed by atoms with van der Waals surface area (Å²) < 4.78 is 60.1. The summed E-state index contributed by atoms with van der Waals surface area (Å²) in [6.45, 7) is 4.82. The standard InChI is InChI=1S/C27H32F4N8O2/c1-3-8-39(18-6-9-37(10-7-18)26-35-24(36-41-26)27(2,30)31)23(40)16-12-33-25(34-13-16)38-14-20(22(32)15-38)19-11-17(28)4-5-21(19)29/h4-5,11-13,18,20,22H,3,6-10,14-15,32H2,1-2H3/t20-,22+/m1/s1. The Morgan fingerprint density at radius 1 is 1.15 bits per heavy atom. The summed E-state index contributed by atoms with van der Waals surface area (Å²) in [4.78, 5) is 31.4. The lowest BCUT2D eigenvalue weighted by Gasteiger charge is -2.37. The Bertz CT molecular complexity index is 1360. The first kappa shape index (κ1) is 28.7. The lowest BCUT2D eigenvalue weighted by atomic mass is 9.94. The maximum absolute atomic E-state index is 14.4. The van der Waals surface area contributed by atoms with Gasteiger partial charge in [-0.05, 0) is 43.0 Å². The van der Waals surface area contributed by atoms with Crippen molar-refractivity contribution in [2.45, 2.75) is 57.0 Å². The molecule has 41 heavy (non-hydrogen) atoms. The molecule has 2 saturated heterocycles. The highest BCUT2D eigenvalue weighted by atomic mass is 19.3. The van der Waals surface area contributed by atoms with Crippen LogP contribution in [-0.4, -0.2) is 75.7 Å². The molecule has 1 aromatic carbocycles. The highest BCUT2D eigenvalue weighted by molar-refractivity contribution is 5.94. The monoisotopic (exact) mass is 576 g/mol. The van der Waals surface area contributed by atoms with Gasteiger partial charge in [-0.2, -0.15) is 13.8 Å². The van der Waals surface area contributed by atoms with Crippen molar-refractivity contribution in [3.05, 3.63) is 59.2 Å². The third kappa shape index (κ3) is 6.11. The molecule has 10 nitrogen and oxygen atoms in total. The van der Waals surface area contributed by atoms with Crippen LogP contribution in [0.2, 0.25) is 0 Å². The van der Waals surface area contributed by atoms with Crippen LogP contribution in [0.3, 0.4) is 0 Å². The number of alkyl halides is 2. The minimum absolute atomic E-state index is 0.0429. The Hall–Kier alpha value is -3.81. The molecule has 0 unspecified atom stereocenters. The van der Waals surface area contributed by atoms with E-state index in [9.17, 15) is 22.4 Å². The molecule has 2 aliphatic rings. The molecule has 4 heterocycles. The molecule has 0 aliphatic carbocycles. The molecule has 2 aromatic heterocycles. The zero-order valence-corrected chi connectivity index (χ0v) is 22.8. The highest BCUT2D eigenvalue weighted by Gasteiger charge is 2.36. The van der Waals surface area contributed by atoms with Crippen molar-refractivity contribution in [1.29, 1.82) is 0 Å². The van der Waals surface area contributed by atoms with Gasteiger partial charge in [-0.15, -0.1) is 0 Å². The lowest BCUT2D eigenvalue weighted by molar-refractivity contribution is 0.00558. The molecule has 0 radical (unpaired) electrons. The molecule has 3 aromatic rings. The van der Waals surface area contributed by atoms with Crippen LogP contribution in [0.1, 0.15) is 60.8 Å². The number of benzene rings is 1. The summed E-state index contributed by atoms with van der Waals surface area (Å²) in [6, 6.07) is 2.85. The van der Waals surface area contributed by atoms with Crippen molar-refractivity contribution in [2.75, 3.05) is 42.5 Å². The van der Waals surface area contributed by atoms with Crippen LogP contribution >= 0.6 is 0 Å². The summed E-state index contributed by atoms with van der Waals surface area (Å²) in [5.41, 5.74) is 6.81. The van der Waals surface area contributed by atoms with Crippen molar-refractivity contribution in [3.63, 3.8) is 0 Å². The number of aromatic nitrogens is 4. The Balaban J connectivity index is 1.23. The number of hydrogen-bond acceptors (Lipinski definition) is 9. The zero-order chi connectivity index (χ0) is 29.3. The van der Waals surface area contributed by atoms with Gasteiger partial charge in [0.25, 0.3) is 5.91 Å². The predicted octanol–water partition coefficient (Wildman–Crippen LogP) is 3.70. The second kappa shape index (κ2) is 11.6. The minimum atomic E-state index is -3.19. The van der Waals surface area contributed by atoms with Gasteiger partial charge in [0.05, 0.1) is 5.56 Å². The molecule has 1 amide bonds. The molecule has 2 N–H and O–H groups in total. The number of anilines is 2. The van der Waals surface area contributed by atoms with E-state index in [0.717, 1.165) is 18.6 Å². The number of carbonyl (C=O) groups excluding carboxylic acids is 1. The van der Waals surface area contributed by atoms with Gasteiger partial charge in [0.1, 0.15) is 11.6 Å². The molecular formula is C27H32F4N8O2. The van der Waals surface area contributed by atoms with Crippen molar-refractivity contribution in [3.8, 4) is 0 Å². The first-order valence-electron chi connectivity index (χ1n) is 13.6. The van der Waals surface area contributed by atoms with Crippen LogP contribution in [-0.2, 0) is 5.92 Å². The van der Waals surface area contributed by atoms with E-state index in [-0.39, 0.29) is 23.5 Å². The third-order valence-electron chi connectivity index (χ3n) is 7.60. The Labute approximate surface area is 234 Å². The lowest BCUT2D eigenvalue weighted by Crippen LogP contribution is -2.48. The summed E-state index contributed by atoms with van der Waals surface area (Å²) in [6.07, 6.45) is 4.86. The average molecular weight is 577 g/mol. The van der Waals surface area contributed by atoms with Crippen LogP contribution in [0.4, 0.5) is 29.5 Å². The first-order valence-corrected chi connectivity index (χ1v) is 13.6. The molecule has 220 valence electrons. The van der Waals surface area contributed by atoms with Crippen LogP contribution in [0, 0.1) is 11.6 Å². The van der Waals surface area contributed by atoms with Gasteiger partial charge in [-0.1, -0.05) is 12.1 Å². The fourth-order valence-electron chi connectivity index (χ4n) is 5.46. The number of rotatable bonds is 8. The minimum Gasteiger partial charge on any atom is -0.339 e. The number of nitrogens with two attached hydrogens (primary N) is 1. The molecular weight excluding hydrogens is 544 g/mol. The molecule has 2 atom stereocenters. The zero-order valence-electron chi connectivity index (χ0n) is 22.8. The summed E-state index contributed by atoms with van der Waals surface area (Å²) in [7, 11) is 0. The van der Waals surface area contributed by atoms with Gasteiger partial charge in [0, 0.05) is 70.0 Å². The van der Waals surface area contributed by atoms with Gasteiger partial charge in [-0.3, -0.25) is 4.79 Å². The maximum Gasteiger partial charge on any atom is 0.324 e. The van der Waals surface area contributed by atoms with Gasteiger partial charge in [-0.25, -0.2) is 18.7 Å². The SMILES string of the molecule is CCCN(C(=O)c1cnc(N2C[C@H](c3cc(F)ccc3F)[C@@H](N)C2)nc1)C1CCN(c2nc(C(C)(F)F)no2)CC1. The molecule has 0 saturated carbocycles. The van der Waals surface area contributed by atoms with Crippen molar-refractivity contribution in [1.82, 2.24) is 25.0 Å². The number of amides is 1. The molecule has 5 rings (SSSR count). The van der Waals surface area contributed by atoms with E-state index in [1.54, 1.807) is 14.7 Å². The van der Waals surface area contributed by atoms with Gasteiger partial charge < -0.3 is 25.0 Å². The summed E-state index contributed by atoms with van der Waals surface area (Å²) >= 11 is 0. The fraction of sp³-hybridized carbons (Fsp3) is 0.519. The summed E-state index contributed by atoms with van der Waals surface area (Å²) in [5.74, 6) is -5.18. The van der Waals surface area contributed by atoms with Crippen LogP contribution in [0.25, 0.3) is 0 Å². The van der Waals surface area contributed by atoms with E-state index in [2.05, 4.69) is 20.1 Å². The van der Waals surface area contributed by atoms with Crippen LogP contribution < -0.4 is 15.5 Å². The van der Waals surface area contributed by atoms with Gasteiger partial charge in [0.2, 0.25) is 11.8 Å². The molecule has 0 spiro atoms. The van der Waals surface area contributed by atoms with Crippen LogP contribution in [0.15, 0.2) is 35.1 Å². The molecule has 0 bridgehead atoms. The molecule has 2 fully saturated rings. The average Bonchev–Trinajstić information content (AvgIpc) is 3.61. The second-order valence-electron chi connectivity index (χ2n) is 10.6. The molecule has 14 heteroatoms. The van der Waals surface area contributed by atoms with Crippen molar-refractivity contribution >= 4 is 17.9 Å². The van der Waals surface area contributed by atoms with E-state index in [1.807, 2.05) is 6.92 Å². The Morgan fingerprint density at radius 2 is 1.85 bits per heavy atom. The summed E-state index contributed by atoms with van der Waals surface area (Å²) in [5, 5.41) is 3.38. The normalized spacial score (nSPS) is 20.1. The number of hydrogen-bond donors (Lipinski definition) is 1. The van der Waals surface area contributed by atoms with Gasteiger partial charge in [0.15, 0.2) is 0 Å². The number of piperidine rings is 1. The van der Waals surface area contributed by atoms with E-state index >= 15 is 0 Å². The maximum atomic E-state index is 14.4. The Kier molecular flexibility index (Phi) is 8.11. The number of nitrogens with zero attached hydrogens (tertiary/aromatic N) is 7. The quantitative estimate of drug-likeness (QED) is 0.401. The topological polar surface area (TPSA) is 118 Å². The van der Waals surface area contributed by atoms with E-state index in [1.165, 1.54) is 18.5 Å². The smallest absolute Gasteiger partial charge is 0.324 e. The Morgan fingerprint density at radius 3 is 2.49 bits per heavy atom. The fourth-order valence-corrected chi connectivity index (χ4v) is 5.46.